The Morgan fingerprint density at radius 2 is 1.69 bits per heavy atom. The zero-order chi connectivity index (χ0) is 25.7. The molecule has 2 atom stereocenters. The molecule has 10 nitrogen and oxygen atoms in total. The smallest absolute Gasteiger partial charge is 0.254 e. The van der Waals surface area contributed by atoms with Gasteiger partial charge in [-0.25, -0.2) is 0 Å². The summed E-state index contributed by atoms with van der Waals surface area (Å²) < 4.78 is 32.4. The Kier molecular flexibility index (Phi) is 8.04. The van der Waals surface area contributed by atoms with E-state index in [1.165, 1.54) is 7.11 Å². The second-order valence-corrected chi connectivity index (χ2v) is 8.59. The van der Waals surface area contributed by atoms with Gasteiger partial charge in [-0.05, 0) is 42.3 Å². The third kappa shape index (κ3) is 5.13. The number of benzene rings is 2. The molecule has 36 heavy (non-hydrogen) atoms. The molecule has 2 aromatic rings. The van der Waals surface area contributed by atoms with Crippen LogP contribution in [0.2, 0.25) is 0 Å². The lowest BCUT2D eigenvalue weighted by Gasteiger charge is -2.21. The molecule has 2 aromatic carbocycles. The summed E-state index contributed by atoms with van der Waals surface area (Å²) in [5.74, 6) is 1.55. The number of carbonyl (C=O) groups excluding carboxylic acids is 2. The molecule has 0 bridgehead atoms. The molecule has 0 aromatic heterocycles. The average molecular weight is 501 g/mol. The second-order valence-electron chi connectivity index (χ2n) is 8.59. The first kappa shape index (κ1) is 25.4. The van der Waals surface area contributed by atoms with Crippen molar-refractivity contribution in [3.63, 3.8) is 0 Å². The molecule has 0 aliphatic carbocycles. The van der Waals surface area contributed by atoms with E-state index in [0.29, 0.717) is 60.4 Å². The molecule has 0 radical (unpaired) electrons. The van der Waals surface area contributed by atoms with Crippen molar-refractivity contribution in [2.45, 2.75) is 12.3 Å². The number of likely N-dealkylation sites (tertiary alicyclic amines) is 1. The van der Waals surface area contributed by atoms with Gasteiger partial charge in [0.25, 0.3) is 5.91 Å². The van der Waals surface area contributed by atoms with Crippen LogP contribution in [0.4, 0.5) is 0 Å². The van der Waals surface area contributed by atoms with Gasteiger partial charge in [-0.3, -0.25) is 9.59 Å². The number of rotatable bonds is 10. The minimum absolute atomic E-state index is 0.120. The van der Waals surface area contributed by atoms with Crippen LogP contribution in [-0.2, 0) is 9.53 Å². The first-order valence-corrected chi connectivity index (χ1v) is 11.8. The Labute approximate surface area is 210 Å². The molecule has 1 N–H and O–H groups in total. The number of methoxy groups -OCH3 is 4. The second kappa shape index (κ2) is 11.4. The Morgan fingerprint density at radius 1 is 0.972 bits per heavy atom. The van der Waals surface area contributed by atoms with E-state index >= 15 is 0 Å². The maximum Gasteiger partial charge on any atom is 0.254 e. The molecule has 4 rings (SSSR count). The highest BCUT2D eigenvalue weighted by Crippen LogP contribution is 2.43. The van der Waals surface area contributed by atoms with Gasteiger partial charge in [0.05, 0.1) is 27.2 Å². The largest absolute Gasteiger partial charge is 0.493 e. The van der Waals surface area contributed by atoms with Gasteiger partial charge < -0.3 is 38.6 Å². The van der Waals surface area contributed by atoms with Gasteiger partial charge in [0.15, 0.2) is 23.0 Å². The standard InChI is InChI=1S/C26H32N2O8/c1-31-9-5-8-27-25(29)19-14-28(26(30)16-6-7-20-21(10-16)36-15-35-20)13-18(19)17-11-22(32-2)24(34-4)23(12-17)33-3/h6-7,10-12,18-19H,5,8-9,13-15H2,1-4H3,(H,27,29)/t18-,19-/m0/s1. The van der Waals surface area contributed by atoms with Crippen molar-refractivity contribution in [2.75, 3.05) is 61.5 Å². The third-order valence-electron chi connectivity index (χ3n) is 6.50. The number of carbonyl (C=O) groups is 2. The van der Waals surface area contributed by atoms with E-state index in [-0.39, 0.29) is 31.1 Å². The molecule has 194 valence electrons. The van der Waals surface area contributed by atoms with Crippen molar-refractivity contribution in [3.8, 4) is 28.7 Å². The van der Waals surface area contributed by atoms with E-state index in [1.807, 2.05) is 12.1 Å². The minimum atomic E-state index is -0.465. The molecule has 2 heterocycles. The Balaban J connectivity index is 1.62. The topological polar surface area (TPSA) is 105 Å². The summed E-state index contributed by atoms with van der Waals surface area (Å²) in [5.41, 5.74) is 1.30. The first-order chi connectivity index (χ1) is 17.5. The van der Waals surface area contributed by atoms with Crippen LogP contribution in [0.1, 0.15) is 28.3 Å². The van der Waals surface area contributed by atoms with Crippen molar-refractivity contribution >= 4 is 11.8 Å². The van der Waals surface area contributed by atoms with Gasteiger partial charge in [-0.1, -0.05) is 0 Å². The van der Waals surface area contributed by atoms with E-state index in [1.54, 1.807) is 44.4 Å². The number of hydrogen-bond donors (Lipinski definition) is 1. The molecule has 2 amide bonds. The van der Waals surface area contributed by atoms with Gasteiger partial charge in [-0.15, -0.1) is 0 Å². The average Bonchev–Trinajstić information content (AvgIpc) is 3.57. The van der Waals surface area contributed by atoms with E-state index in [2.05, 4.69) is 5.32 Å². The zero-order valence-corrected chi connectivity index (χ0v) is 21.0. The number of nitrogens with one attached hydrogen (secondary N) is 1. The number of hydrogen-bond acceptors (Lipinski definition) is 8. The fourth-order valence-electron chi connectivity index (χ4n) is 4.66. The summed E-state index contributed by atoms with van der Waals surface area (Å²) in [7, 11) is 6.26. The normalized spacial score (nSPS) is 18.2. The maximum atomic E-state index is 13.4. The molecule has 0 unspecified atom stereocenters. The highest BCUT2D eigenvalue weighted by molar-refractivity contribution is 5.96. The zero-order valence-electron chi connectivity index (χ0n) is 21.0. The Hall–Kier alpha value is -3.66. The van der Waals surface area contributed by atoms with Gasteiger partial charge in [0, 0.05) is 44.8 Å². The highest BCUT2D eigenvalue weighted by Gasteiger charge is 2.41. The van der Waals surface area contributed by atoms with E-state index < -0.39 is 5.92 Å². The lowest BCUT2D eigenvalue weighted by Crippen LogP contribution is -2.36. The summed E-state index contributed by atoms with van der Waals surface area (Å²) in [6.45, 7) is 1.79. The van der Waals surface area contributed by atoms with Crippen LogP contribution in [0.3, 0.4) is 0 Å². The Morgan fingerprint density at radius 3 is 2.36 bits per heavy atom. The van der Waals surface area contributed by atoms with Crippen molar-refractivity contribution in [3.05, 3.63) is 41.5 Å². The first-order valence-electron chi connectivity index (χ1n) is 11.8. The van der Waals surface area contributed by atoms with Gasteiger partial charge in [0.1, 0.15) is 0 Å². The minimum Gasteiger partial charge on any atom is -0.493 e. The molecule has 2 aliphatic rings. The van der Waals surface area contributed by atoms with Crippen molar-refractivity contribution in [1.29, 1.82) is 0 Å². The summed E-state index contributed by atoms with van der Waals surface area (Å²) in [5, 5.41) is 2.99. The van der Waals surface area contributed by atoms with E-state index in [9.17, 15) is 9.59 Å². The molecule has 10 heteroatoms. The molecule has 0 saturated carbocycles. The van der Waals surface area contributed by atoms with E-state index in [4.69, 9.17) is 28.4 Å². The molecular formula is C26H32N2O8. The number of amides is 2. The highest BCUT2D eigenvalue weighted by atomic mass is 16.7. The van der Waals surface area contributed by atoms with Crippen LogP contribution in [-0.4, -0.2) is 78.2 Å². The van der Waals surface area contributed by atoms with Crippen LogP contribution >= 0.6 is 0 Å². The van der Waals surface area contributed by atoms with Crippen LogP contribution in [0, 0.1) is 5.92 Å². The van der Waals surface area contributed by atoms with Crippen LogP contribution < -0.4 is 29.0 Å². The van der Waals surface area contributed by atoms with Gasteiger partial charge >= 0.3 is 0 Å². The fourth-order valence-corrected chi connectivity index (χ4v) is 4.66. The molecule has 1 saturated heterocycles. The Bertz CT molecular complexity index is 1080. The van der Waals surface area contributed by atoms with Crippen molar-refractivity contribution in [2.24, 2.45) is 5.92 Å². The lowest BCUT2D eigenvalue weighted by atomic mass is 9.88. The quantitative estimate of drug-likeness (QED) is 0.496. The monoisotopic (exact) mass is 500 g/mol. The molecule has 2 aliphatic heterocycles. The predicted molar refractivity (Wildman–Crippen MR) is 130 cm³/mol. The van der Waals surface area contributed by atoms with Crippen LogP contribution in [0.15, 0.2) is 30.3 Å². The van der Waals surface area contributed by atoms with Gasteiger partial charge in [0.2, 0.25) is 18.4 Å². The number of nitrogens with zero attached hydrogens (tertiary/aromatic N) is 1. The molecule has 1 fully saturated rings. The van der Waals surface area contributed by atoms with E-state index in [0.717, 1.165) is 5.56 Å². The third-order valence-corrected chi connectivity index (χ3v) is 6.50. The van der Waals surface area contributed by atoms with Crippen molar-refractivity contribution in [1.82, 2.24) is 10.2 Å². The van der Waals surface area contributed by atoms with Crippen molar-refractivity contribution < 1.29 is 38.0 Å². The van der Waals surface area contributed by atoms with Gasteiger partial charge in [-0.2, -0.15) is 0 Å². The lowest BCUT2D eigenvalue weighted by molar-refractivity contribution is -0.125. The fraction of sp³-hybridized carbons (Fsp3) is 0.462. The van der Waals surface area contributed by atoms with Crippen LogP contribution in [0.5, 0.6) is 28.7 Å². The SMILES string of the molecule is COCCCNC(=O)[C@H]1CN(C(=O)c2ccc3c(c2)OCO3)C[C@H]1c1cc(OC)c(OC)c(OC)c1. The van der Waals surface area contributed by atoms with Crippen LogP contribution in [0.25, 0.3) is 0 Å². The summed E-state index contributed by atoms with van der Waals surface area (Å²) in [6.07, 6.45) is 0.698. The summed E-state index contributed by atoms with van der Waals surface area (Å²) in [6, 6.07) is 8.79. The number of fused-ring (bicyclic) bond motifs is 1. The molecular weight excluding hydrogens is 468 g/mol. The predicted octanol–water partition coefficient (Wildman–Crippen LogP) is 2.45. The number of ether oxygens (including phenoxy) is 6. The maximum absolute atomic E-state index is 13.4. The summed E-state index contributed by atoms with van der Waals surface area (Å²) in [4.78, 5) is 28.4. The summed E-state index contributed by atoms with van der Waals surface area (Å²) >= 11 is 0. The molecule has 0 spiro atoms.